The highest BCUT2D eigenvalue weighted by molar-refractivity contribution is 5.81. The minimum absolute atomic E-state index is 0.135. The first-order valence-corrected chi connectivity index (χ1v) is 3.67. The van der Waals surface area contributed by atoms with Gasteiger partial charge < -0.3 is 10.5 Å². The number of nitrogens with two attached hydrogens (primary N) is 1. The van der Waals surface area contributed by atoms with Gasteiger partial charge in [-0.1, -0.05) is 13.8 Å². The zero-order valence-corrected chi connectivity index (χ0v) is 6.68. The third kappa shape index (κ3) is 3.45. The van der Waals surface area contributed by atoms with Crippen LogP contribution in [0.3, 0.4) is 0 Å². The first-order valence-electron chi connectivity index (χ1n) is 3.67. The molecule has 0 rings (SSSR count). The zero-order valence-electron chi connectivity index (χ0n) is 6.68. The topological polar surface area (TPSA) is 59.1 Å². The molecule has 3 N–H and O–H groups in total. The van der Waals surface area contributed by atoms with Gasteiger partial charge in [0.05, 0.1) is 0 Å². The summed E-state index contributed by atoms with van der Waals surface area (Å²) in [5.41, 5.74) is 5.25. The van der Waals surface area contributed by atoms with E-state index in [2.05, 4.69) is 0 Å². The highest BCUT2D eigenvalue weighted by Crippen LogP contribution is 1.97. The lowest BCUT2D eigenvalue weighted by Crippen LogP contribution is -2.30. The first kappa shape index (κ1) is 9.43. The maximum Gasteiger partial charge on any atom is 0.120 e. The number of rotatable bonds is 5. The summed E-state index contributed by atoms with van der Waals surface area (Å²) in [5, 5.41) is 7.08. The Balaban J connectivity index is 3.50. The van der Waals surface area contributed by atoms with Gasteiger partial charge >= 0.3 is 0 Å². The van der Waals surface area contributed by atoms with E-state index in [1.165, 1.54) is 0 Å². The van der Waals surface area contributed by atoms with Crippen LogP contribution in [0.15, 0.2) is 0 Å². The number of hydrogen-bond acceptors (Lipinski definition) is 2. The van der Waals surface area contributed by atoms with Gasteiger partial charge in [0, 0.05) is 6.61 Å². The molecule has 0 saturated heterocycles. The van der Waals surface area contributed by atoms with E-state index in [1.807, 2.05) is 13.8 Å². The number of ether oxygens (including phenoxy) is 1. The molecule has 0 saturated carbocycles. The molecule has 60 valence electrons. The third-order valence-corrected chi connectivity index (χ3v) is 1.24. The molecule has 0 fully saturated rings. The monoisotopic (exact) mass is 144 g/mol. The highest BCUT2D eigenvalue weighted by atomic mass is 16.5. The molecule has 0 spiro atoms. The average molecular weight is 144 g/mol. The van der Waals surface area contributed by atoms with Crippen molar-refractivity contribution < 1.29 is 4.74 Å². The van der Waals surface area contributed by atoms with Crippen molar-refractivity contribution in [1.29, 1.82) is 5.41 Å². The molecule has 10 heavy (non-hydrogen) atoms. The molecule has 0 amide bonds. The molecule has 3 nitrogen and oxygen atoms in total. The van der Waals surface area contributed by atoms with Crippen LogP contribution >= 0.6 is 0 Å². The Hall–Kier alpha value is -0.570. The fourth-order valence-corrected chi connectivity index (χ4v) is 0.688. The van der Waals surface area contributed by atoms with Crippen molar-refractivity contribution in [2.75, 3.05) is 6.61 Å². The quantitative estimate of drug-likeness (QED) is 0.449. The summed E-state index contributed by atoms with van der Waals surface area (Å²) >= 11 is 0. The lowest BCUT2D eigenvalue weighted by Gasteiger charge is -2.12. The Morgan fingerprint density at radius 2 is 2.20 bits per heavy atom. The van der Waals surface area contributed by atoms with Crippen LogP contribution in [0.25, 0.3) is 0 Å². The van der Waals surface area contributed by atoms with Crippen molar-refractivity contribution in [2.45, 2.75) is 32.8 Å². The van der Waals surface area contributed by atoms with Crippen LogP contribution in [-0.4, -0.2) is 18.5 Å². The predicted octanol–water partition coefficient (Wildman–Crippen LogP) is 1.13. The Kier molecular flexibility index (Phi) is 4.94. The molecule has 0 aromatic heterocycles. The van der Waals surface area contributed by atoms with Crippen LogP contribution in [0.2, 0.25) is 0 Å². The van der Waals surface area contributed by atoms with Crippen molar-refractivity contribution in [3.8, 4) is 0 Å². The van der Waals surface area contributed by atoms with Crippen molar-refractivity contribution in [1.82, 2.24) is 0 Å². The molecule has 0 aliphatic carbocycles. The molecule has 0 radical (unpaired) electrons. The van der Waals surface area contributed by atoms with Crippen molar-refractivity contribution in [3.05, 3.63) is 0 Å². The Bertz CT molecular complexity index is 104. The molecular formula is C7H16N2O. The molecule has 1 unspecified atom stereocenters. The second kappa shape index (κ2) is 5.23. The molecule has 0 heterocycles. The first-order chi connectivity index (χ1) is 4.72. The molecule has 0 aliphatic heterocycles. The maximum atomic E-state index is 7.08. The van der Waals surface area contributed by atoms with E-state index in [1.54, 1.807) is 0 Å². The fourth-order valence-electron chi connectivity index (χ4n) is 0.688. The summed E-state index contributed by atoms with van der Waals surface area (Å²) in [6.07, 6.45) is 1.60. The van der Waals surface area contributed by atoms with Crippen LogP contribution < -0.4 is 5.73 Å². The van der Waals surface area contributed by atoms with Crippen molar-refractivity contribution in [2.24, 2.45) is 5.73 Å². The van der Waals surface area contributed by atoms with Crippen molar-refractivity contribution in [3.63, 3.8) is 0 Å². The van der Waals surface area contributed by atoms with Crippen LogP contribution in [0, 0.1) is 5.41 Å². The molecule has 0 aromatic carbocycles. The summed E-state index contributed by atoms with van der Waals surface area (Å²) in [5.74, 6) is 0.135. The SMILES string of the molecule is CCCOC(CC)C(=N)N. The minimum atomic E-state index is -0.167. The van der Waals surface area contributed by atoms with Gasteiger partial charge in [0.1, 0.15) is 11.9 Å². The van der Waals surface area contributed by atoms with E-state index in [4.69, 9.17) is 15.9 Å². The van der Waals surface area contributed by atoms with Crippen molar-refractivity contribution >= 4 is 5.84 Å². The summed E-state index contributed by atoms with van der Waals surface area (Å²) in [7, 11) is 0. The van der Waals surface area contributed by atoms with Gasteiger partial charge in [-0.15, -0.1) is 0 Å². The van der Waals surface area contributed by atoms with E-state index in [0.29, 0.717) is 6.61 Å². The second-order valence-electron chi connectivity index (χ2n) is 2.22. The molecule has 0 aromatic rings. The maximum absolute atomic E-state index is 7.08. The zero-order chi connectivity index (χ0) is 7.98. The average Bonchev–Trinajstić information content (AvgIpc) is 1.89. The summed E-state index contributed by atoms with van der Waals surface area (Å²) in [6.45, 7) is 4.69. The van der Waals surface area contributed by atoms with Gasteiger partial charge in [0.25, 0.3) is 0 Å². The molecule has 0 bridgehead atoms. The minimum Gasteiger partial charge on any atom is -0.385 e. The Morgan fingerprint density at radius 1 is 1.60 bits per heavy atom. The lowest BCUT2D eigenvalue weighted by atomic mass is 10.2. The fraction of sp³-hybridized carbons (Fsp3) is 0.857. The molecule has 1 atom stereocenters. The largest absolute Gasteiger partial charge is 0.385 e. The number of nitrogens with one attached hydrogen (secondary N) is 1. The van der Waals surface area contributed by atoms with Crippen LogP contribution in [0.1, 0.15) is 26.7 Å². The Labute approximate surface area is 62.1 Å². The number of amidine groups is 1. The van der Waals surface area contributed by atoms with Crippen LogP contribution in [0.5, 0.6) is 0 Å². The van der Waals surface area contributed by atoms with E-state index in [-0.39, 0.29) is 11.9 Å². The van der Waals surface area contributed by atoms with Crippen LogP contribution in [0.4, 0.5) is 0 Å². The number of hydrogen-bond donors (Lipinski definition) is 2. The van der Waals surface area contributed by atoms with Gasteiger partial charge in [-0.05, 0) is 12.8 Å². The lowest BCUT2D eigenvalue weighted by molar-refractivity contribution is 0.0945. The highest BCUT2D eigenvalue weighted by Gasteiger charge is 2.07. The normalized spacial score (nSPS) is 13.0. The molecule has 3 heteroatoms. The summed E-state index contributed by atoms with van der Waals surface area (Å²) < 4.78 is 5.25. The predicted molar refractivity (Wildman–Crippen MR) is 42.2 cm³/mol. The second-order valence-corrected chi connectivity index (χ2v) is 2.22. The van der Waals surface area contributed by atoms with Gasteiger partial charge in [-0.2, -0.15) is 0 Å². The molecular weight excluding hydrogens is 128 g/mol. The van der Waals surface area contributed by atoms with Crippen LogP contribution in [-0.2, 0) is 4.74 Å². The summed E-state index contributed by atoms with van der Waals surface area (Å²) in [6, 6.07) is 0. The van der Waals surface area contributed by atoms with E-state index < -0.39 is 0 Å². The van der Waals surface area contributed by atoms with Gasteiger partial charge in [0.15, 0.2) is 0 Å². The smallest absolute Gasteiger partial charge is 0.120 e. The van der Waals surface area contributed by atoms with E-state index in [9.17, 15) is 0 Å². The van der Waals surface area contributed by atoms with Gasteiger partial charge in [0.2, 0.25) is 0 Å². The van der Waals surface area contributed by atoms with E-state index in [0.717, 1.165) is 12.8 Å². The summed E-state index contributed by atoms with van der Waals surface area (Å²) in [4.78, 5) is 0. The third-order valence-electron chi connectivity index (χ3n) is 1.24. The molecule has 0 aliphatic rings. The van der Waals surface area contributed by atoms with Gasteiger partial charge in [-0.25, -0.2) is 0 Å². The van der Waals surface area contributed by atoms with Gasteiger partial charge in [-0.3, -0.25) is 5.41 Å². The van der Waals surface area contributed by atoms with E-state index >= 15 is 0 Å². The standard InChI is InChI=1S/C7H16N2O/c1-3-5-10-6(4-2)7(8)9/h6H,3-5H2,1-2H3,(H3,8,9). The Morgan fingerprint density at radius 3 is 2.50 bits per heavy atom.